The fraction of sp³-hybridized carbons (Fsp3) is 0.688. The predicted molar refractivity (Wildman–Crippen MR) is 89.2 cm³/mol. The zero-order valence-electron chi connectivity index (χ0n) is 14.3. The van der Waals surface area contributed by atoms with Crippen molar-refractivity contribution in [1.82, 2.24) is 15.3 Å². The molecular weight excluding hydrogens is 278 g/mol. The van der Waals surface area contributed by atoms with Gasteiger partial charge in [-0.1, -0.05) is 0 Å². The Morgan fingerprint density at radius 3 is 2.77 bits per heavy atom. The van der Waals surface area contributed by atoms with E-state index in [-0.39, 0.29) is 17.4 Å². The monoisotopic (exact) mass is 305 g/mol. The molecule has 0 spiro atoms. The first-order valence-corrected chi connectivity index (χ1v) is 7.87. The van der Waals surface area contributed by atoms with E-state index in [1.807, 2.05) is 45.8 Å². The molecule has 122 valence electrons. The maximum atomic E-state index is 12.5. The summed E-state index contributed by atoms with van der Waals surface area (Å²) in [5.74, 6) is 1.90. The van der Waals surface area contributed by atoms with Gasteiger partial charge < -0.3 is 15.1 Å². The fourth-order valence-electron chi connectivity index (χ4n) is 2.81. The van der Waals surface area contributed by atoms with Gasteiger partial charge in [-0.2, -0.15) is 0 Å². The van der Waals surface area contributed by atoms with Crippen molar-refractivity contribution in [2.45, 2.75) is 39.7 Å². The molecule has 1 aromatic heterocycles. The lowest BCUT2D eigenvalue weighted by Crippen LogP contribution is -2.52. The van der Waals surface area contributed by atoms with Crippen molar-refractivity contribution < 1.29 is 4.79 Å². The average Bonchev–Trinajstić information content (AvgIpc) is 2.46. The molecule has 0 unspecified atom stereocenters. The van der Waals surface area contributed by atoms with Crippen LogP contribution in [0, 0.1) is 5.41 Å². The highest BCUT2D eigenvalue weighted by Crippen LogP contribution is 2.32. The number of nitrogens with one attached hydrogen (secondary N) is 1. The average molecular weight is 305 g/mol. The lowest BCUT2D eigenvalue weighted by Gasteiger charge is -2.40. The van der Waals surface area contributed by atoms with E-state index in [0.717, 1.165) is 31.0 Å². The number of rotatable bonds is 4. The van der Waals surface area contributed by atoms with E-state index >= 15 is 0 Å². The minimum atomic E-state index is -0.369. The van der Waals surface area contributed by atoms with Crippen LogP contribution >= 0.6 is 0 Å². The van der Waals surface area contributed by atoms with Gasteiger partial charge in [0.15, 0.2) is 0 Å². The number of hydrogen-bond acceptors (Lipinski definition) is 5. The zero-order chi connectivity index (χ0) is 16.3. The molecule has 1 amide bonds. The summed E-state index contributed by atoms with van der Waals surface area (Å²) in [4.78, 5) is 25.3. The Bertz CT molecular complexity index is 531. The molecule has 1 aromatic rings. The minimum absolute atomic E-state index is 0.133. The summed E-state index contributed by atoms with van der Waals surface area (Å²) in [5.41, 5.74) is -0.369. The van der Waals surface area contributed by atoms with Crippen molar-refractivity contribution in [3.05, 3.63) is 12.4 Å². The third-order valence-electron chi connectivity index (χ3n) is 4.08. The summed E-state index contributed by atoms with van der Waals surface area (Å²) < 4.78 is 0. The van der Waals surface area contributed by atoms with Crippen molar-refractivity contribution in [3.63, 3.8) is 0 Å². The molecule has 2 rings (SSSR count). The molecule has 1 saturated heterocycles. The van der Waals surface area contributed by atoms with Crippen LogP contribution in [0.2, 0.25) is 0 Å². The number of aromatic nitrogens is 2. The van der Waals surface area contributed by atoms with E-state index in [0.29, 0.717) is 6.54 Å². The van der Waals surface area contributed by atoms with Gasteiger partial charge in [-0.3, -0.25) is 4.79 Å². The first kappa shape index (κ1) is 16.5. The Labute approximate surface area is 132 Å². The largest absolute Gasteiger partial charge is 0.363 e. The molecule has 1 fully saturated rings. The maximum absolute atomic E-state index is 12.5. The maximum Gasteiger partial charge on any atom is 0.227 e. The number of hydrogen-bond donors (Lipinski definition) is 1. The summed E-state index contributed by atoms with van der Waals surface area (Å²) in [7, 11) is 3.92. The molecule has 2 heterocycles. The van der Waals surface area contributed by atoms with Crippen LogP contribution in [0.5, 0.6) is 0 Å². The van der Waals surface area contributed by atoms with Crippen molar-refractivity contribution in [2.75, 3.05) is 37.0 Å². The smallest absolute Gasteiger partial charge is 0.227 e. The van der Waals surface area contributed by atoms with Crippen LogP contribution in [-0.2, 0) is 4.79 Å². The number of amides is 1. The molecule has 1 N–H and O–H groups in total. The van der Waals surface area contributed by atoms with Gasteiger partial charge in [-0.15, -0.1) is 0 Å². The molecule has 22 heavy (non-hydrogen) atoms. The van der Waals surface area contributed by atoms with Crippen LogP contribution in [0.15, 0.2) is 12.4 Å². The topological polar surface area (TPSA) is 61.4 Å². The van der Waals surface area contributed by atoms with Gasteiger partial charge >= 0.3 is 0 Å². The first-order chi connectivity index (χ1) is 10.3. The molecule has 0 aliphatic carbocycles. The second kappa shape index (κ2) is 6.50. The lowest BCUT2D eigenvalue weighted by atomic mass is 9.80. The molecule has 0 aromatic carbocycles. The fourth-order valence-corrected chi connectivity index (χ4v) is 2.81. The normalized spacial score (nSPS) is 21.8. The first-order valence-electron chi connectivity index (χ1n) is 7.87. The minimum Gasteiger partial charge on any atom is -0.363 e. The Hall–Kier alpha value is -1.85. The Kier molecular flexibility index (Phi) is 4.88. The van der Waals surface area contributed by atoms with Crippen LogP contribution in [0.25, 0.3) is 0 Å². The number of piperidine rings is 1. The van der Waals surface area contributed by atoms with Crippen LogP contribution in [0.1, 0.15) is 33.6 Å². The number of anilines is 2. The SMILES string of the molecule is CC(C)NC(=O)[C@@]1(C)CCCN(c2cc(N(C)C)ncn2)C1. The van der Waals surface area contributed by atoms with Crippen molar-refractivity contribution in [1.29, 1.82) is 0 Å². The lowest BCUT2D eigenvalue weighted by molar-refractivity contribution is -0.131. The van der Waals surface area contributed by atoms with E-state index in [2.05, 4.69) is 20.2 Å². The van der Waals surface area contributed by atoms with Crippen molar-refractivity contribution >= 4 is 17.5 Å². The number of carbonyl (C=O) groups is 1. The van der Waals surface area contributed by atoms with Crippen molar-refractivity contribution in [2.24, 2.45) is 5.41 Å². The van der Waals surface area contributed by atoms with Gasteiger partial charge in [0, 0.05) is 39.3 Å². The van der Waals surface area contributed by atoms with E-state index in [1.165, 1.54) is 0 Å². The molecule has 1 atom stereocenters. The van der Waals surface area contributed by atoms with E-state index in [1.54, 1.807) is 6.33 Å². The van der Waals surface area contributed by atoms with Gasteiger partial charge in [0.1, 0.15) is 18.0 Å². The summed E-state index contributed by atoms with van der Waals surface area (Å²) in [6, 6.07) is 2.14. The van der Waals surface area contributed by atoms with Crippen molar-refractivity contribution in [3.8, 4) is 0 Å². The molecule has 1 aliphatic heterocycles. The predicted octanol–water partition coefficient (Wildman–Crippen LogP) is 1.67. The third kappa shape index (κ3) is 3.67. The second-order valence-electron chi connectivity index (χ2n) is 6.84. The summed E-state index contributed by atoms with van der Waals surface area (Å²) in [5, 5.41) is 3.05. The van der Waals surface area contributed by atoms with Gasteiger partial charge in [0.2, 0.25) is 5.91 Å². The highest BCUT2D eigenvalue weighted by Gasteiger charge is 2.38. The van der Waals surface area contributed by atoms with E-state index < -0.39 is 0 Å². The van der Waals surface area contributed by atoms with E-state index in [9.17, 15) is 4.79 Å². The molecule has 0 bridgehead atoms. The van der Waals surface area contributed by atoms with Crippen LogP contribution in [0.3, 0.4) is 0 Å². The van der Waals surface area contributed by atoms with Gasteiger partial charge in [-0.05, 0) is 33.6 Å². The molecule has 0 saturated carbocycles. The summed E-state index contributed by atoms with van der Waals surface area (Å²) in [6.45, 7) is 7.65. The molecule has 6 nitrogen and oxygen atoms in total. The second-order valence-corrected chi connectivity index (χ2v) is 6.84. The third-order valence-corrected chi connectivity index (χ3v) is 4.08. The molecule has 1 aliphatic rings. The number of carbonyl (C=O) groups excluding carboxylic acids is 1. The van der Waals surface area contributed by atoms with Crippen LogP contribution in [0.4, 0.5) is 11.6 Å². The summed E-state index contributed by atoms with van der Waals surface area (Å²) in [6.07, 6.45) is 3.49. The van der Waals surface area contributed by atoms with Gasteiger partial charge in [-0.25, -0.2) is 9.97 Å². The Morgan fingerprint density at radius 2 is 2.14 bits per heavy atom. The quantitative estimate of drug-likeness (QED) is 0.917. The van der Waals surface area contributed by atoms with Crippen LogP contribution in [-0.4, -0.2) is 49.1 Å². The molecule has 6 heteroatoms. The molecular formula is C16H27N5O. The molecule has 0 radical (unpaired) electrons. The Morgan fingerprint density at radius 1 is 1.41 bits per heavy atom. The van der Waals surface area contributed by atoms with Gasteiger partial charge in [0.05, 0.1) is 5.41 Å². The van der Waals surface area contributed by atoms with Crippen LogP contribution < -0.4 is 15.1 Å². The highest BCUT2D eigenvalue weighted by atomic mass is 16.2. The summed E-state index contributed by atoms with van der Waals surface area (Å²) >= 11 is 0. The zero-order valence-corrected chi connectivity index (χ0v) is 14.3. The van der Waals surface area contributed by atoms with E-state index in [4.69, 9.17) is 0 Å². The number of nitrogens with zero attached hydrogens (tertiary/aromatic N) is 4. The Balaban J connectivity index is 2.16. The highest BCUT2D eigenvalue weighted by molar-refractivity contribution is 5.83. The van der Waals surface area contributed by atoms with Gasteiger partial charge in [0.25, 0.3) is 0 Å². The standard InChI is InChI=1S/C16H27N5O/c1-12(2)19-15(22)16(3)7-6-8-21(10-16)14-9-13(20(4)5)17-11-18-14/h9,11-12H,6-8,10H2,1-5H3,(H,19,22)/t16-/m0/s1.